The number of pyridine rings is 1. The molecule has 0 aliphatic carbocycles. The Kier molecular flexibility index (Phi) is 17.3. The van der Waals surface area contributed by atoms with Crippen LogP contribution in [0.5, 0.6) is 0 Å². The molecule has 3 heterocycles. The molecule has 1 fully saturated rings. The molecule has 1 aliphatic rings. The Morgan fingerprint density at radius 2 is 1.68 bits per heavy atom. The van der Waals surface area contributed by atoms with Gasteiger partial charge in [0, 0.05) is 67.8 Å². The molecule has 7 N–H and O–H groups in total. The predicted octanol–water partition coefficient (Wildman–Crippen LogP) is 3.81. The van der Waals surface area contributed by atoms with Gasteiger partial charge >= 0.3 is 7.82 Å². The number of carbonyl (C=O) groups excluding carboxylic acids is 2. The lowest BCUT2D eigenvalue weighted by atomic mass is 10.0. The van der Waals surface area contributed by atoms with Crippen molar-refractivity contribution in [2.24, 2.45) is 0 Å². The molecule has 3 aromatic rings. The molecule has 0 saturated carbocycles. The van der Waals surface area contributed by atoms with Gasteiger partial charge in [0.15, 0.2) is 5.65 Å². The molecule has 2 aromatic heterocycles. The summed E-state index contributed by atoms with van der Waals surface area (Å²) in [5.41, 5.74) is 4.99. The lowest BCUT2D eigenvalue weighted by molar-refractivity contribution is -0.116. The van der Waals surface area contributed by atoms with Gasteiger partial charge in [0.25, 0.3) is 5.91 Å². The average Bonchev–Trinajstić information content (AvgIpc) is 3.50. The summed E-state index contributed by atoms with van der Waals surface area (Å²) in [5, 5.41) is 24.3. The molecule has 1 saturated heterocycles. The van der Waals surface area contributed by atoms with E-state index in [2.05, 4.69) is 39.8 Å². The van der Waals surface area contributed by atoms with Crippen molar-refractivity contribution in [2.45, 2.75) is 90.8 Å². The number of carbonyl (C=O) groups is 2. The monoisotopic (exact) mass is 719 g/mol. The normalized spacial score (nSPS) is 13.6. The van der Waals surface area contributed by atoms with E-state index in [1.807, 2.05) is 17.9 Å². The highest BCUT2D eigenvalue weighted by molar-refractivity contribution is 7.45. The number of hydrogen-bond acceptors (Lipinski definition) is 9. The smallest absolute Gasteiger partial charge is 0.395 e. The number of aliphatic hydroxyl groups excluding tert-OH is 1. The number of rotatable bonds is 18. The Morgan fingerprint density at radius 3 is 2.32 bits per heavy atom. The summed E-state index contributed by atoms with van der Waals surface area (Å²) in [7, 11) is -2.62. The van der Waals surface area contributed by atoms with Gasteiger partial charge in [-0.05, 0) is 76.9 Å². The summed E-state index contributed by atoms with van der Waals surface area (Å²) in [6.07, 6.45) is 10.1. The van der Waals surface area contributed by atoms with Crippen LogP contribution < -0.4 is 16.0 Å². The number of nitrogens with one attached hydrogen (secondary N) is 3. The molecule has 16 heteroatoms. The van der Waals surface area contributed by atoms with Crippen LogP contribution in [0.1, 0.15) is 86.8 Å². The topological polar surface area (TPSA) is 211 Å². The third kappa shape index (κ3) is 14.1. The summed E-state index contributed by atoms with van der Waals surface area (Å²) in [6, 6.07) is 7.32. The number of aromatic nitrogens is 3. The van der Waals surface area contributed by atoms with Crippen LogP contribution in [-0.2, 0) is 33.6 Å². The quantitative estimate of drug-likeness (QED) is 0.0739. The Morgan fingerprint density at radius 1 is 1.02 bits per heavy atom. The van der Waals surface area contributed by atoms with E-state index in [0.717, 1.165) is 106 Å². The Hall–Kier alpha value is -3.43. The number of ether oxygens (including phenoxy) is 1. The molecule has 50 heavy (non-hydrogen) atoms. The van der Waals surface area contributed by atoms with Crippen molar-refractivity contribution >= 4 is 42.0 Å². The van der Waals surface area contributed by atoms with Crippen LogP contribution in [0.25, 0.3) is 11.0 Å². The number of benzene rings is 1. The lowest BCUT2D eigenvalue weighted by Crippen LogP contribution is -2.30. The minimum absolute atomic E-state index is 0.0131. The van der Waals surface area contributed by atoms with Gasteiger partial charge in [-0.3, -0.25) is 9.59 Å². The maximum Gasteiger partial charge on any atom is 0.466 e. The van der Waals surface area contributed by atoms with Gasteiger partial charge in [0.2, 0.25) is 5.91 Å². The average molecular weight is 720 g/mol. The molecule has 0 spiro atoms. The molecular formula is C34H54N7O8P. The largest absolute Gasteiger partial charge is 0.466 e. The standard InChI is InChI=1S/C34H51N7O4.H3O4P/c1-4-30-28(32(38-27-16-21-45-22-17-27)29-24-36-41(5-2)33(29)39-30)23-35-34(44)25-12-14-26(15-13-25)37-31(43)11-9-7-6-8-10-18-40(3)19-20-42;1-5(2,3)4/h12-15,24,27,42H,4-11,16-23H2,1-3H3,(H,35,44)(H,37,43)(H,38,39);(H3,1,2,3,4). The van der Waals surface area contributed by atoms with Crippen molar-refractivity contribution in [2.75, 3.05) is 50.6 Å². The molecule has 0 radical (unpaired) electrons. The number of unbranched alkanes of at least 4 members (excludes halogenated alkanes) is 4. The number of aliphatic hydroxyl groups is 1. The van der Waals surface area contributed by atoms with E-state index in [0.29, 0.717) is 30.8 Å². The van der Waals surface area contributed by atoms with Gasteiger partial charge in [0.05, 0.1) is 23.9 Å². The number of aryl methyl sites for hydroxylation is 2. The molecular weight excluding hydrogens is 665 g/mol. The molecule has 1 aliphatic heterocycles. The van der Waals surface area contributed by atoms with Crippen LogP contribution in [0.15, 0.2) is 30.5 Å². The van der Waals surface area contributed by atoms with E-state index in [4.69, 9.17) is 34.1 Å². The first-order chi connectivity index (χ1) is 23.9. The summed E-state index contributed by atoms with van der Waals surface area (Å²) >= 11 is 0. The predicted molar refractivity (Wildman–Crippen MR) is 193 cm³/mol. The second-order valence-corrected chi connectivity index (χ2v) is 13.4. The maximum absolute atomic E-state index is 13.2. The van der Waals surface area contributed by atoms with Gasteiger partial charge in [-0.2, -0.15) is 5.10 Å². The molecule has 1 aromatic carbocycles. The number of likely N-dealkylation sites (N-methyl/N-ethyl adjacent to an activating group) is 1. The summed E-state index contributed by atoms with van der Waals surface area (Å²) in [6.45, 7) is 8.56. The van der Waals surface area contributed by atoms with Gasteiger partial charge in [-0.15, -0.1) is 0 Å². The summed E-state index contributed by atoms with van der Waals surface area (Å²) in [5.74, 6) is -0.195. The Balaban J connectivity index is 0.00000126. The van der Waals surface area contributed by atoms with Crippen molar-refractivity contribution < 1.29 is 38.7 Å². The van der Waals surface area contributed by atoms with E-state index >= 15 is 0 Å². The molecule has 0 atom stereocenters. The summed E-state index contributed by atoms with van der Waals surface area (Å²) < 4.78 is 16.4. The van der Waals surface area contributed by atoms with E-state index in [-0.39, 0.29) is 24.5 Å². The number of hydrogen-bond donors (Lipinski definition) is 7. The fraction of sp³-hybridized carbons (Fsp3) is 0.588. The van der Waals surface area contributed by atoms with Crippen molar-refractivity contribution in [3.63, 3.8) is 0 Å². The molecule has 2 amide bonds. The second kappa shape index (κ2) is 21.1. The highest BCUT2D eigenvalue weighted by Crippen LogP contribution is 2.31. The Bertz CT molecular complexity index is 1530. The minimum Gasteiger partial charge on any atom is -0.395 e. The van der Waals surface area contributed by atoms with Crippen LogP contribution in [0, 0.1) is 0 Å². The second-order valence-electron chi connectivity index (χ2n) is 12.4. The van der Waals surface area contributed by atoms with Gasteiger partial charge in [-0.1, -0.05) is 26.2 Å². The highest BCUT2D eigenvalue weighted by atomic mass is 31.2. The number of phosphoric acid groups is 1. The van der Waals surface area contributed by atoms with Crippen molar-refractivity contribution in [3.05, 3.63) is 47.3 Å². The van der Waals surface area contributed by atoms with Crippen molar-refractivity contribution in [3.8, 4) is 0 Å². The zero-order chi connectivity index (χ0) is 36.5. The third-order valence-corrected chi connectivity index (χ3v) is 8.46. The first-order valence-electron chi connectivity index (χ1n) is 17.4. The zero-order valence-electron chi connectivity index (χ0n) is 29.4. The van der Waals surface area contributed by atoms with Crippen LogP contribution in [0.4, 0.5) is 11.4 Å². The van der Waals surface area contributed by atoms with Crippen molar-refractivity contribution in [1.29, 1.82) is 0 Å². The molecule has 4 rings (SSSR count). The van der Waals surface area contributed by atoms with E-state index in [1.54, 1.807) is 24.3 Å². The van der Waals surface area contributed by atoms with Gasteiger partial charge in [-0.25, -0.2) is 14.2 Å². The minimum atomic E-state index is -4.64. The molecule has 0 bridgehead atoms. The SMILES string of the molecule is CCc1nc2c(cnn2CC)c(NC2CCOCC2)c1CNC(=O)c1ccc(NC(=O)CCCCCCCN(C)CCO)cc1.O=P(O)(O)O. The molecule has 278 valence electrons. The van der Waals surface area contributed by atoms with Gasteiger partial charge < -0.3 is 45.4 Å². The third-order valence-electron chi connectivity index (χ3n) is 8.46. The first kappa shape index (κ1) is 41.0. The zero-order valence-corrected chi connectivity index (χ0v) is 30.3. The number of nitrogens with zero attached hydrogens (tertiary/aromatic N) is 4. The van der Waals surface area contributed by atoms with Gasteiger partial charge in [0.1, 0.15) is 0 Å². The highest BCUT2D eigenvalue weighted by Gasteiger charge is 2.22. The fourth-order valence-electron chi connectivity index (χ4n) is 5.78. The number of anilines is 2. The summed E-state index contributed by atoms with van der Waals surface area (Å²) in [4.78, 5) is 54.3. The van der Waals surface area contributed by atoms with Crippen LogP contribution in [0.2, 0.25) is 0 Å². The first-order valence-corrected chi connectivity index (χ1v) is 19.0. The van der Waals surface area contributed by atoms with E-state index in [9.17, 15) is 9.59 Å². The fourth-order valence-corrected chi connectivity index (χ4v) is 5.78. The lowest BCUT2D eigenvalue weighted by Gasteiger charge is -2.26. The number of amides is 2. The number of fused-ring (bicyclic) bond motifs is 1. The van der Waals surface area contributed by atoms with Crippen LogP contribution in [-0.4, -0.2) is 97.3 Å². The van der Waals surface area contributed by atoms with E-state index < -0.39 is 7.82 Å². The molecule has 15 nitrogen and oxygen atoms in total. The maximum atomic E-state index is 13.2. The Labute approximate surface area is 294 Å². The van der Waals surface area contributed by atoms with Crippen LogP contribution >= 0.6 is 7.82 Å². The molecule has 0 unspecified atom stereocenters. The van der Waals surface area contributed by atoms with Crippen molar-refractivity contribution in [1.82, 2.24) is 25.0 Å². The van der Waals surface area contributed by atoms with Crippen LogP contribution in [0.3, 0.4) is 0 Å². The van der Waals surface area contributed by atoms with E-state index in [1.165, 1.54) is 0 Å².